The first kappa shape index (κ1) is 13.7. The Hall–Kier alpha value is -1.22. The molecule has 2 aromatic rings. The first-order chi connectivity index (χ1) is 9.72. The van der Waals surface area contributed by atoms with Crippen LogP contribution in [-0.2, 0) is 13.0 Å². The molecule has 0 spiro atoms. The summed E-state index contributed by atoms with van der Waals surface area (Å²) < 4.78 is 5.88. The fourth-order valence-corrected chi connectivity index (χ4v) is 2.81. The number of rotatable bonds is 4. The Labute approximate surface area is 128 Å². The summed E-state index contributed by atoms with van der Waals surface area (Å²) in [7, 11) is 0. The van der Waals surface area contributed by atoms with Gasteiger partial charge in [0.2, 0.25) is 0 Å². The second-order valence-corrected chi connectivity index (χ2v) is 5.76. The van der Waals surface area contributed by atoms with E-state index < -0.39 is 0 Å². The largest absolute Gasteiger partial charge is 0.488 e. The minimum atomic E-state index is 0.158. The van der Waals surface area contributed by atoms with E-state index in [0.29, 0.717) is 0 Å². The van der Waals surface area contributed by atoms with Gasteiger partial charge in [-0.3, -0.25) is 0 Å². The van der Waals surface area contributed by atoms with Crippen LogP contribution in [0.3, 0.4) is 0 Å². The van der Waals surface area contributed by atoms with Crippen LogP contribution in [0.5, 0.6) is 5.75 Å². The van der Waals surface area contributed by atoms with Crippen LogP contribution in [0.1, 0.15) is 11.1 Å². The fraction of sp³-hybridized carbons (Fsp3) is 0.250. The van der Waals surface area contributed by atoms with E-state index >= 15 is 0 Å². The summed E-state index contributed by atoms with van der Waals surface area (Å²) in [6.45, 7) is 1.54. The second kappa shape index (κ2) is 6.04. The molecule has 0 radical (unpaired) electrons. The zero-order chi connectivity index (χ0) is 13.9. The minimum Gasteiger partial charge on any atom is -0.488 e. The van der Waals surface area contributed by atoms with Crippen LogP contribution in [0.15, 0.2) is 42.5 Å². The van der Waals surface area contributed by atoms with Gasteiger partial charge in [-0.1, -0.05) is 41.4 Å². The second-order valence-electron chi connectivity index (χ2n) is 4.92. The Morgan fingerprint density at radius 3 is 2.85 bits per heavy atom. The van der Waals surface area contributed by atoms with Crippen LogP contribution in [0.4, 0.5) is 0 Å². The number of hydrogen-bond acceptors (Lipinski definition) is 2. The van der Waals surface area contributed by atoms with E-state index in [1.54, 1.807) is 0 Å². The summed E-state index contributed by atoms with van der Waals surface area (Å²) in [5, 5.41) is 4.95. The molecule has 0 aromatic heterocycles. The maximum absolute atomic E-state index is 6.12. The molecule has 1 unspecified atom stereocenters. The van der Waals surface area contributed by atoms with Crippen LogP contribution < -0.4 is 10.1 Å². The molecule has 0 aliphatic carbocycles. The zero-order valence-corrected chi connectivity index (χ0v) is 12.4. The van der Waals surface area contributed by atoms with Crippen molar-refractivity contribution in [3.05, 3.63) is 63.6 Å². The van der Waals surface area contributed by atoms with Crippen molar-refractivity contribution >= 4 is 23.2 Å². The van der Waals surface area contributed by atoms with Crippen molar-refractivity contribution in [1.82, 2.24) is 5.32 Å². The third-order valence-electron chi connectivity index (χ3n) is 3.41. The summed E-state index contributed by atoms with van der Waals surface area (Å²) in [6.07, 6.45) is 1.05. The molecule has 0 saturated heterocycles. The highest BCUT2D eigenvalue weighted by Crippen LogP contribution is 2.30. The molecule has 0 amide bonds. The highest BCUT2D eigenvalue weighted by atomic mass is 35.5. The van der Waals surface area contributed by atoms with E-state index in [2.05, 4.69) is 5.32 Å². The highest BCUT2D eigenvalue weighted by molar-refractivity contribution is 6.31. The van der Waals surface area contributed by atoms with Crippen LogP contribution in [0, 0.1) is 0 Å². The van der Waals surface area contributed by atoms with Crippen molar-refractivity contribution in [2.24, 2.45) is 0 Å². The number of benzene rings is 2. The molecule has 4 heteroatoms. The Balaban J connectivity index is 1.53. The van der Waals surface area contributed by atoms with Crippen LogP contribution in [-0.4, -0.2) is 12.6 Å². The van der Waals surface area contributed by atoms with Gasteiger partial charge in [0.15, 0.2) is 0 Å². The molecule has 1 N–H and O–H groups in total. The van der Waals surface area contributed by atoms with Gasteiger partial charge in [0, 0.05) is 29.6 Å². The van der Waals surface area contributed by atoms with Crippen molar-refractivity contribution in [3.63, 3.8) is 0 Å². The van der Waals surface area contributed by atoms with Gasteiger partial charge >= 0.3 is 0 Å². The molecule has 104 valence electrons. The first-order valence-corrected chi connectivity index (χ1v) is 7.37. The topological polar surface area (TPSA) is 21.3 Å². The predicted octanol–water partition coefficient (Wildman–Crippen LogP) is 4.09. The van der Waals surface area contributed by atoms with Crippen molar-refractivity contribution in [2.75, 3.05) is 6.54 Å². The molecular formula is C16H15Cl2NO. The Bertz CT molecular complexity index is 615. The standard InChI is InChI=1S/C16H15Cl2NO/c17-13-5-6-16-12(7-13)8-14(20-16)10-19-9-11-3-1-2-4-15(11)18/h1-7,14,19H,8-10H2. The predicted molar refractivity (Wildman–Crippen MR) is 82.7 cm³/mol. The number of halogens is 2. The smallest absolute Gasteiger partial charge is 0.123 e. The fourth-order valence-electron chi connectivity index (χ4n) is 2.41. The van der Waals surface area contributed by atoms with Gasteiger partial charge in [-0.2, -0.15) is 0 Å². The van der Waals surface area contributed by atoms with Gasteiger partial charge in [0.1, 0.15) is 11.9 Å². The molecule has 2 nitrogen and oxygen atoms in total. The third-order valence-corrected chi connectivity index (χ3v) is 4.01. The SMILES string of the molecule is Clc1ccc2c(c1)CC(CNCc1ccccc1Cl)O2. The Kier molecular flexibility index (Phi) is 4.16. The van der Waals surface area contributed by atoms with Gasteiger partial charge in [-0.05, 0) is 35.4 Å². The average Bonchev–Trinajstić information content (AvgIpc) is 2.83. The van der Waals surface area contributed by atoms with E-state index in [-0.39, 0.29) is 6.10 Å². The number of fused-ring (bicyclic) bond motifs is 1. The normalized spacial score (nSPS) is 16.8. The lowest BCUT2D eigenvalue weighted by Gasteiger charge is -2.12. The van der Waals surface area contributed by atoms with Gasteiger partial charge in [0.25, 0.3) is 0 Å². The monoisotopic (exact) mass is 307 g/mol. The molecule has 1 aliphatic heterocycles. The Morgan fingerprint density at radius 1 is 1.15 bits per heavy atom. The number of nitrogens with one attached hydrogen (secondary N) is 1. The quantitative estimate of drug-likeness (QED) is 0.918. The summed E-state index contributed by atoms with van der Waals surface area (Å²) in [6, 6.07) is 13.6. The highest BCUT2D eigenvalue weighted by Gasteiger charge is 2.22. The van der Waals surface area contributed by atoms with E-state index in [4.69, 9.17) is 27.9 Å². The van der Waals surface area contributed by atoms with Gasteiger partial charge < -0.3 is 10.1 Å². The molecule has 0 saturated carbocycles. The van der Waals surface area contributed by atoms with Gasteiger partial charge in [-0.25, -0.2) is 0 Å². The van der Waals surface area contributed by atoms with Crippen LogP contribution in [0.2, 0.25) is 10.0 Å². The van der Waals surface area contributed by atoms with Crippen LogP contribution in [0.25, 0.3) is 0 Å². The van der Waals surface area contributed by atoms with Crippen molar-refractivity contribution in [3.8, 4) is 5.75 Å². The number of hydrogen-bond donors (Lipinski definition) is 1. The molecule has 0 bridgehead atoms. The van der Waals surface area contributed by atoms with Crippen molar-refractivity contribution in [1.29, 1.82) is 0 Å². The van der Waals surface area contributed by atoms with E-state index in [1.807, 2.05) is 42.5 Å². The average molecular weight is 308 g/mol. The summed E-state index contributed by atoms with van der Waals surface area (Å²) in [5.41, 5.74) is 2.29. The molecule has 3 rings (SSSR count). The van der Waals surface area contributed by atoms with Crippen molar-refractivity contribution in [2.45, 2.75) is 19.1 Å². The van der Waals surface area contributed by atoms with Crippen molar-refractivity contribution < 1.29 is 4.74 Å². The lowest BCUT2D eigenvalue weighted by Crippen LogP contribution is -2.29. The maximum Gasteiger partial charge on any atom is 0.123 e. The van der Waals surface area contributed by atoms with E-state index in [1.165, 1.54) is 5.56 Å². The van der Waals surface area contributed by atoms with E-state index in [9.17, 15) is 0 Å². The summed E-state index contributed by atoms with van der Waals surface area (Å²) >= 11 is 12.1. The molecule has 1 heterocycles. The molecule has 2 aromatic carbocycles. The third kappa shape index (κ3) is 3.09. The maximum atomic E-state index is 6.12. The molecule has 1 atom stereocenters. The molecule has 0 fully saturated rings. The summed E-state index contributed by atoms with van der Waals surface area (Å²) in [5.74, 6) is 0.943. The molecular weight excluding hydrogens is 293 g/mol. The van der Waals surface area contributed by atoms with Gasteiger partial charge in [-0.15, -0.1) is 0 Å². The minimum absolute atomic E-state index is 0.158. The lowest BCUT2D eigenvalue weighted by molar-refractivity contribution is 0.227. The Morgan fingerprint density at radius 2 is 2.00 bits per heavy atom. The first-order valence-electron chi connectivity index (χ1n) is 6.61. The lowest BCUT2D eigenvalue weighted by atomic mass is 10.1. The van der Waals surface area contributed by atoms with Gasteiger partial charge in [0.05, 0.1) is 0 Å². The van der Waals surface area contributed by atoms with Crippen LogP contribution >= 0.6 is 23.2 Å². The zero-order valence-electron chi connectivity index (χ0n) is 10.9. The number of ether oxygens (including phenoxy) is 1. The molecule has 20 heavy (non-hydrogen) atoms. The van der Waals surface area contributed by atoms with E-state index in [0.717, 1.165) is 40.9 Å². The summed E-state index contributed by atoms with van der Waals surface area (Å²) in [4.78, 5) is 0. The molecule has 1 aliphatic rings.